The predicted octanol–water partition coefficient (Wildman–Crippen LogP) is 8.63. The van der Waals surface area contributed by atoms with Gasteiger partial charge in [0.2, 0.25) is 0 Å². The van der Waals surface area contributed by atoms with Crippen LogP contribution in [0.3, 0.4) is 0 Å². The van der Waals surface area contributed by atoms with Gasteiger partial charge in [-0.2, -0.15) is 0 Å². The van der Waals surface area contributed by atoms with Crippen molar-refractivity contribution >= 4 is 5.69 Å². The van der Waals surface area contributed by atoms with E-state index < -0.39 is 0 Å². The summed E-state index contributed by atoms with van der Waals surface area (Å²) in [4.78, 5) is 2.86. The number of fused-ring (bicyclic) bond motifs is 1. The monoisotopic (exact) mass is 669 g/mol. The van der Waals surface area contributed by atoms with Gasteiger partial charge in [0.15, 0.2) is 0 Å². The number of allylic oxidation sites excluding steroid dienone is 5. The van der Waals surface area contributed by atoms with Crippen LogP contribution in [0.25, 0.3) is 0 Å². The SMILES string of the molecule is C=CC1N(c2ccc(O)cc2)CC2C3=C4C5C6=C(C3)CC3CC7=CC8CC9CC%10CC%11CC21C1C4C2C5C4C(C63)C7C3C8C9C5C%10C(C2C5C34)C%111. The van der Waals surface area contributed by atoms with Gasteiger partial charge in [-0.15, -0.1) is 6.58 Å². The first-order chi connectivity index (χ1) is 25.2. The van der Waals surface area contributed by atoms with Crippen molar-refractivity contribution in [2.24, 2.45) is 153 Å². The largest absolute Gasteiger partial charge is 0.508 e. The minimum absolute atomic E-state index is 0.368. The molecule has 0 amide bonds. The minimum atomic E-state index is 0.368. The maximum atomic E-state index is 10.4. The fourth-order valence-electron chi connectivity index (χ4n) is 25.0. The number of hydrogen-bond acceptors (Lipinski definition) is 2. The van der Waals surface area contributed by atoms with Gasteiger partial charge in [-0.25, -0.2) is 0 Å². The first-order valence-corrected chi connectivity index (χ1v) is 22.5. The van der Waals surface area contributed by atoms with Crippen molar-refractivity contribution < 1.29 is 5.11 Å². The normalized spacial score (nSPS) is 68.7. The Kier molecular flexibility index (Phi) is 3.68. The lowest BCUT2D eigenvalue weighted by Crippen LogP contribution is -2.60. The van der Waals surface area contributed by atoms with Crippen LogP contribution in [0.15, 0.2) is 70.9 Å². The van der Waals surface area contributed by atoms with E-state index in [1.807, 2.05) is 17.7 Å². The molecular formula is C49H51NO. The quantitative estimate of drug-likeness (QED) is 0.319. The summed E-state index contributed by atoms with van der Waals surface area (Å²) in [6.45, 7) is 5.99. The van der Waals surface area contributed by atoms with E-state index >= 15 is 0 Å². The summed E-state index contributed by atoms with van der Waals surface area (Å²) in [6, 6.07) is 8.85. The van der Waals surface area contributed by atoms with Crippen molar-refractivity contribution in [1.82, 2.24) is 0 Å². The number of rotatable bonds is 2. The molecule has 51 heavy (non-hydrogen) atoms. The fraction of sp³-hybridized carbons (Fsp3) is 0.714. The second-order valence-electron chi connectivity index (χ2n) is 23.2. The molecule has 1 saturated heterocycles. The highest BCUT2D eigenvalue weighted by molar-refractivity contribution is 5.61. The number of anilines is 1. The number of phenols is 1. The average molecular weight is 670 g/mol. The number of phenolic OH excluding ortho intramolecular Hbond substituents is 1. The predicted molar refractivity (Wildman–Crippen MR) is 194 cm³/mol. The highest BCUT2D eigenvalue weighted by Gasteiger charge is 2.88. The van der Waals surface area contributed by atoms with Crippen LogP contribution >= 0.6 is 0 Å². The van der Waals surface area contributed by atoms with Crippen LogP contribution in [0, 0.1) is 153 Å². The van der Waals surface area contributed by atoms with Crippen molar-refractivity contribution in [2.45, 2.75) is 51.0 Å². The molecule has 17 aliphatic rings. The smallest absolute Gasteiger partial charge is 0.115 e. The summed E-state index contributed by atoms with van der Waals surface area (Å²) in [5.74, 6) is 26.0. The lowest BCUT2D eigenvalue weighted by molar-refractivity contribution is -0.145. The molecule has 12 saturated carbocycles. The van der Waals surface area contributed by atoms with Gasteiger partial charge < -0.3 is 10.0 Å². The summed E-state index contributed by atoms with van der Waals surface area (Å²) in [5.41, 5.74) is 12.2. The van der Waals surface area contributed by atoms with E-state index in [0.717, 1.165) is 142 Å². The summed E-state index contributed by atoms with van der Waals surface area (Å²) < 4.78 is 0. The Morgan fingerprint density at radius 3 is 2.31 bits per heavy atom. The summed E-state index contributed by atoms with van der Waals surface area (Å²) in [7, 11) is 0. The zero-order valence-electron chi connectivity index (χ0n) is 29.7. The van der Waals surface area contributed by atoms with Crippen LogP contribution in [-0.2, 0) is 0 Å². The van der Waals surface area contributed by atoms with Gasteiger partial charge in [-0.3, -0.25) is 0 Å². The Hall–Kier alpha value is -2.22. The van der Waals surface area contributed by atoms with E-state index in [1.54, 1.807) is 19.3 Å². The Morgan fingerprint density at radius 1 is 0.686 bits per heavy atom. The lowest BCUT2D eigenvalue weighted by Gasteiger charge is -2.62. The molecule has 258 valence electrons. The van der Waals surface area contributed by atoms with Crippen molar-refractivity contribution in [1.29, 1.82) is 0 Å². The van der Waals surface area contributed by atoms with Gasteiger partial charge >= 0.3 is 0 Å². The fourth-order valence-corrected chi connectivity index (χ4v) is 25.0. The summed E-state index contributed by atoms with van der Waals surface area (Å²) in [6.07, 6.45) is 16.3. The molecule has 1 heterocycles. The van der Waals surface area contributed by atoms with Crippen molar-refractivity contribution in [2.75, 3.05) is 11.4 Å². The van der Waals surface area contributed by atoms with Gasteiger partial charge in [0.05, 0.1) is 6.04 Å². The van der Waals surface area contributed by atoms with Gasteiger partial charge in [0.1, 0.15) is 5.75 Å². The summed E-state index contributed by atoms with van der Waals surface area (Å²) in [5, 5.41) is 10.4. The van der Waals surface area contributed by atoms with Crippen molar-refractivity contribution in [3.63, 3.8) is 0 Å². The van der Waals surface area contributed by atoms with E-state index in [-0.39, 0.29) is 0 Å². The molecule has 27 atom stereocenters. The van der Waals surface area contributed by atoms with E-state index in [2.05, 4.69) is 51.5 Å². The van der Waals surface area contributed by atoms with Crippen LogP contribution in [0.1, 0.15) is 44.9 Å². The van der Waals surface area contributed by atoms with Crippen LogP contribution < -0.4 is 4.90 Å². The molecule has 16 aliphatic carbocycles. The molecule has 1 aromatic rings. The van der Waals surface area contributed by atoms with Crippen molar-refractivity contribution in [3.05, 3.63) is 70.9 Å². The number of hydrogen-bond donors (Lipinski definition) is 1. The van der Waals surface area contributed by atoms with E-state index in [0.29, 0.717) is 23.1 Å². The molecule has 2 heteroatoms. The molecule has 1 N–H and O–H groups in total. The lowest BCUT2D eigenvalue weighted by atomic mass is 9.42. The highest BCUT2D eigenvalue weighted by atomic mass is 16.3. The molecule has 0 aromatic heterocycles. The Bertz CT molecular complexity index is 2120. The molecule has 1 spiro atoms. The van der Waals surface area contributed by atoms with Gasteiger partial charge in [-0.1, -0.05) is 40.0 Å². The summed E-state index contributed by atoms with van der Waals surface area (Å²) >= 11 is 0. The molecule has 0 radical (unpaired) electrons. The maximum Gasteiger partial charge on any atom is 0.115 e. The third-order valence-corrected chi connectivity index (χ3v) is 23.8. The molecular weight excluding hydrogens is 619 g/mol. The van der Waals surface area contributed by atoms with Crippen LogP contribution in [0.5, 0.6) is 5.75 Å². The molecule has 18 rings (SSSR count). The van der Waals surface area contributed by atoms with Crippen LogP contribution in [0.2, 0.25) is 0 Å². The van der Waals surface area contributed by atoms with E-state index in [9.17, 15) is 5.11 Å². The van der Waals surface area contributed by atoms with Crippen LogP contribution in [-0.4, -0.2) is 17.7 Å². The number of nitrogens with zero attached hydrogens (tertiary/aromatic N) is 1. The van der Waals surface area contributed by atoms with E-state index in [4.69, 9.17) is 6.58 Å². The second kappa shape index (κ2) is 7.29. The molecule has 13 fully saturated rings. The number of aromatic hydroxyl groups is 1. The molecule has 0 bridgehead atoms. The zero-order chi connectivity index (χ0) is 32.0. The Morgan fingerprint density at radius 2 is 1.43 bits per heavy atom. The topological polar surface area (TPSA) is 23.5 Å². The number of benzene rings is 1. The highest BCUT2D eigenvalue weighted by Crippen LogP contribution is 2.92. The van der Waals surface area contributed by atoms with Gasteiger partial charge in [0.25, 0.3) is 0 Å². The first-order valence-electron chi connectivity index (χ1n) is 22.5. The molecule has 2 nitrogen and oxygen atoms in total. The minimum Gasteiger partial charge on any atom is -0.508 e. The zero-order valence-corrected chi connectivity index (χ0v) is 29.7. The third kappa shape index (κ3) is 2.13. The van der Waals surface area contributed by atoms with Crippen molar-refractivity contribution in [3.8, 4) is 5.75 Å². The van der Waals surface area contributed by atoms with Gasteiger partial charge in [0, 0.05) is 29.5 Å². The standard InChI is InChI=1S/C49H51NO/c1-2-27-49-14-22-12-20-10-17-7-16-8-19-9-18-11-21-13-25(26(49)15-50(27)23-3-5-24(51)6-4-23)35-40-31(21)30(18)37-32(19)36-28(16)29(17)38-33(20)39-34(22)48(49)47(35)46-44(39)42(38)41(36)43(37)45(40)46/h2-6,8,16-18,20,22,26-30,32-34,36-48,51H,1,7,9-15H2. The third-order valence-electron chi connectivity index (χ3n) is 23.8. The average Bonchev–Trinajstić information content (AvgIpc) is 3.98. The molecule has 1 aromatic carbocycles. The Balaban J connectivity index is 0.968. The Labute approximate surface area is 302 Å². The first kappa shape index (κ1) is 25.7. The molecule has 1 aliphatic heterocycles. The maximum absolute atomic E-state index is 10.4. The molecule has 27 unspecified atom stereocenters. The van der Waals surface area contributed by atoms with Gasteiger partial charge in [-0.05, 0) is 205 Å². The second-order valence-corrected chi connectivity index (χ2v) is 23.2. The van der Waals surface area contributed by atoms with E-state index in [1.165, 1.54) is 37.9 Å². The van der Waals surface area contributed by atoms with Crippen LogP contribution in [0.4, 0.5) is 5.69 Å².